The van der Waals surface area contributed by atoms with Gasteiger partial charge in [-0.15, -0.1) is 0 Å². The van der Waals surface area contributed by atoms with Crippen LogP contribution in [0.15, 0.2) is 23.8 Å². The van der Waals surface area contributed by atoms with Crippen LogP contribution in [0.3, 0.4) is 0 Å². The Balaban J connectivity index is 1.12. The first-order chi connectivity index (χ1) is 21.9. The number of hydrogen-bond donors (Lipinski definition) is 2. The fourth-order valence-electron chi connectivity index (χ4n) is 8.57. The second-order valence-corrected chi connectivity index (χ2v) is 14.2. The lowest BCUT2D eigenvalue weighted by Gasteiger charge is -2.36. The molecule has 8 nitrogen and oxygen atoms in total. The molecule has 2 saturated carbocycles. The van der Waals surface area contributed by atoms with Crippen molar-refractivity contribution >= 4 is 29.5 Å². The minimum absolute atomic E-state index is 0.0709. The van der Waals surface area contributed by atoms with Crippen LogP contribution in [0.25, 0.3) is 6.08 Å². The molecule has 3 atom stereocenters. The number of nitrogens with two attached hydrogens (primary N) is 1. The molecule has 2 heterocycles. The first kappa shape index (κ1) is 32.2. The van der Waals surface area contributed by atoms with Crippen molar-refractivity contribution in [2.75, 3.05) is 38.4 Å². The number of benzene rings is 1. The number of carbonyl (C=O) groups is 3. The molecule has 0 radical (unpaired) electrons. The molecule has 3 N–H and O–H groups in total. The molecule has 2 amide bonds. The van der Waals surface area contributed by atoms with E-state index in [1.807, 2.05) is 29.2 Å². The van der Waals surface area contributed by atoms with Crippen molar-refractivity contribution in [1.82, 2.24) is 4.90 Å². The minimum Gasteiger partial charge on any atom is -0.462 e. The van der Waals surface area contributed by atoms with Gasteiger partial charge in [0.05, 0.1) is 6.61 Å². The number of rotatable bonds is 9. The van der Waals surface area contributed by atoms with E-state index >= 15 is 0 Å². The maximum absolute atomic E-state index is 14.1. The van der Waals surface area contributed by atoms with Gasteiger partial charge in [0.25, 0.3) is 0 Å². The fraction of sp³-hybridized carbons (Fsp3) is 0.694. The molecule has 2 saturated heterocycles. The molecule has 246 valence electrons. The Bertz CT molecular complexity index is 1250. The molecule has 0 spiro atoms. The van der Waals surface area contributed by atoms with Gasteiger partial charge in [0.2, 0.25) is 11.8 Å². The summed E-state index contributed by atoms with van der Waals surface area (Å²) in [7, 11) is 0. The van der Waals surface area contributed by atoms with Crippen molar-refractivity contribution in [2.24, 2.45) is 35.3 Å². The quantitative estimate of drug-likeness (QED) is 0.355. The van der Waals surface area contributed by atoms with Gasteiger partial charge in [-0.05, 0) is 98.0 Å². The molecule has 0 aromatic heterocycles. The molecule has 5 aliphatic rings. The Morgan fingerprint density at radius 3 is 2.49 bits per heavy atom. The highest BCUT2D eigenvalue weighted by Crippen LogP contribution is 2.41. The first-order valence-corrected chi connectivity index (χ1v) is 17.4. The number of hydrogen-bond acceptors (Lipinski definition) is 6. The molecule has 1 aromatic carbocycles. The molecule has 3 aliphatic carbocycles. The number of amides is 2. The number of likely N-dealkylation sites (tertiary alicyclic amines) is 1. The Morgan fingerprint density at radius 2 is 1.76 bits per heavy atom. The molecule has 4 fully saturated rings. The molecule has 9 heteroatoms. The summed E-state index contributed by atoms with van der Waals surface area (Å²) in [6, 6.07) is 4.84. The third-order valence-electron chi connectivity index (χ3n) is 11.3. The first-order valence-electron chi connectivity index (χ1n) is 17.4. The molecular formula is C36H50FN3O5. The standard InChI is InChI=1S/C36H50FN3O5/c37-21-32(38)25-6-8-26(9-7-25)35(42)40-15-12-31(24-4-2-1-3-5-24)33(40)34(41)39-30-11-10-27-18-29(19-28(27)20-30)36(43)45-22-23-13-16-44-17-14-23/h10-11,19-20,23-26,31-33H,1-9,12-18,21-22,38H2,(H,39,41)/t25-,26-,31-,32+,33-/m0/s1. The van der Waals surface area contributed by atoms with E-state index in [0.717, 1.165) is 69.3 Å². The van der Waals surface area contributed by atoms with Crippen molar-refractivity contribution in [3.63, 3.8) is 0 Å². The lowest BCUT2D eigenvalue weighted by molar-refractivity contribution is -0.142. The fourth-order valence-corrected chi connectivity index (χ4v) is 8.57. The number of halogens is 1. The zero-order chi connectivity index (χ0) is 31.3. The van der Waals surface area contributed by atoms with E-state index in [0.29, 0.717) is 55.5 Å². The summed E-state index contributed by atoms with van der Waals surface area (Å²) in [6.45, 7) is 1.94. The normalized spacial score (nSPS) is 28.3. The predicted molar refractivity (Wildman–Crippen MR) is 171 cm³/mol. The number of anilines is 1. The monoisotopic (exact) mass is 623 g/mol. The minimum atomic E-state index is -0.527. The number of nitrogens with one attached hydrogen (secondary N) is 1. The van der Waals surface area contributed by atoms with Gasteiger partial charge in [-0.1, -0.05) is 38.2 Å². The Kier molecular flexibility index (Phi) is 10.6. The van der Waals surface area contributed by atoms with Crippen LogP contribution in [0.1, 0.15) is 88.2 Å². The molecule has 2 aliphatic heterocycles. The van der Waals surface area contributed by atoms with Gasteiger partial charge in [-0.2, -0.15) is 0 Å². The highest BCUT2D eigenvalue weighted by molar-refractivity contribution is 6.00. The van der Waals surface area contributed by atoms with Crippen LogP contribution in [0.4, 0.5) is 10.1 Å². The second-order valence-electron chi connectivity index (χ2n) is 14.2. The summed E-state index contributed by atoms with van der Waals surface area (Å²) in [5.41, 5.74) is 9.23. The van der Waals surface area contributed by atoms with Gasteiger partial charge in [0.15, 0.2) is 0 Å². The highest BCUT2D eigenvalue weighted by atomic mass is 19.1. The van der Waals surface area contributed by atoms with Gasteiger partial charge in [0, 0.05) is 49.4 Å². The zero-order valence-corrected chi connectivity index (χ0v) is 26.5. The van der Waals surface area contributed by atoms with E-state index in [9.17, 15) is 18.8 Å². The Hall–Kier alpha value is -2.78. The van der Waals surface area contributed by atoms with Crippen molar-refractivity contribution < 1.29 is 28.2 Å². The lowest BCUT2D eigenvalue weighted by Crippen LogP contribution is -2.50. The van der Waals surface area contributed by atoms with Gasteiger partial charge >= 0.3 is 5.97 Å². The highest BCUT2D eigenvalue weighted by Gasteiger charge is 2.47. The number of ether oxygens (including phenoxy) is 2. The molecular weight excluding hydrogens is 573 g/mol. The second kappa shape index (κ2) is 14.8. The number of carbonyl (C=O) groups excluding carboxylic acids is 3. The predicted octanol–water partition coefficient (Wildman–Crippen LogP) is 5.44. The van der Waals surface area contributed by atoms with Crippen LogP contribution < -0.4 is 11.1 Å². The van der Waals surface area contributed by atoms with E-state index in [1.165, 1.54) is 19.3 Å². The molecule has 6 rings (SSSR count). The van der Waals surface area contributed by atoms with Crippen molar-refractivity contribution in [1.29, 1.82) is 0 Å². The van der Waals surface area contributed by atoms with Crippen LogP contribution in [-0.2, 0) is 30.3 Å². The van der Waals surface area contributed by atoms with E-state index in [1.54, 1.807) is 0 Å². The number of fused-ring (bicyclic) bond motifs is 1. The maximum atomic E-state index is 14.1. The summed E-state index contributed by atoms with van der Waals surface area (Å²) in [5, 5.41) is 3.16. The van der Waals surface area contributed by atoms with Crippen LogP contribution in [-0.4, -0.2) is 67.8 Å². The van der Waals surface area contributed by atoms with E-state index in [4.69, 9.17) is 15.2 Å². The topological polar surface area (TPSA) is 111 Å². The van der Waals surface area contributed by atoms with Gasteiger partial charge < -0.3 is 25.4 Å². The molecule has 0 bridgehead atoms. The van der Waals surface area contributed by atoms with Crippen molar-refractivity contribution in [3.05, 3.63) is 34.9 Å². The van der Waals surface area contributed by atoms with E-state index in [2.05, 4.69) is 5.32 Å². The van der Waals surface area contributed by atoms with E-state index in [-0.39, 0.29) is 35.5 Å². The number of nitrogens with zero attached hydrogens (tertiary/aromatic N) is 1. The summed E-state index contributed by atoms with van der Waals surface area (Å²) in [6.07, 6.45) is 13.8. The van der Waals surface area contributed by atoms with Gasteiger partial charge in [-0.25, -0.2) is 9.18 Å². The van der Waals surface area contributed by atoms with Crippen LogP contribution >= 0.6 is 0 Å². The van der Waals surface area contributed by atoms with Crippen LogP contribution in [0, 0.1) is 29.6 Å². The SMILES string of the molecule is N[C@H](CF)[C@H]1CC[C@H](C(=O)N2CC[C@@H](C3CCCCC3)[C@H]2C(=O)Nc2ccc3c(c2)C=C(C(=O)OCC2CCOCC2)C3)CC1. The van der Waals surface area contributed by atoms with Gasteiger partial charge in [-0.3, -0.25) is 9.59 Å². The number of esters is 1. The van der Waals surface area contributed by atoms with E-state index < -0.39 is 18.8 Å². The van der Waals surface area contributed by atoms with Gasteiger partial charge in [0.1, 0.15) is 12.7 Å². The maximum Gasteiger partial charge on any atom is 0.334 e. The van der Waals surface area contributed by atoms with Crippen LogP contribution in [0.5, 0.6) is 0 Å². The molecule has 45 heavy (non-hydrogen) atoms. The van der Waals surface area contributed by atoms with Crippen molar-refractivity contribution in [2.45, 2.75) is 95.6 Å². The lowest BCUT2D eigenvalue weighted by atomic mass is 9.76. The zero-order valence-electron chi connectivity index (χ0n) is 26.5. The summed E-state index contributed by atoms with van der Waals surface area (Å²) in [5.74, 6) is 0.602. The molecule has 0 unspecified atom stereocenters. The van der Waals surface area contributed by atoms with Crippen molar-refractivity contribution in [3.8, 4) is 0 Å². The average Bonchev–Trinajstić information content (AvgIpc) is 3.72. The summed E-state index contributed by atoms with van der Waals surface area (Å²) >= 11 is 0. The smallest absolute Gasteiger partial charge is 0.334 e. The summed E-state index contributed by atoms with van der Waals surface area (Å²) in [4.78, 5) is 42.7. The third-order valence-corrected chi connectivity index (χ3v) is 11.3. The number of alkyl halides is 1. The molecule has 1 aromatic rings. The largest absolute Gasteiger partial charge is 0.462 e. The Labute approximate surface area is 266 Å². The average molecular weight is 624 g/mol. The Morgan fingerprint density at radius 1 is 1.00 bits per heavy atom. The summed E-state index contributed by atoms with van der Waals surface area (Å²) < 4.78 is 24.2. The van der Waals surface area contributed by atoms with Crippen LogP contribution in [0.2, 0.25) is 0 Å². The third kappa shape index (κ3) is 7.46.